The molecule has 2 aromatic rings. The van der Waals surface area contributed by atoms with Gasteiger partial charge in [-0.15, -0.1) is 0 Å². The summed E-state index contributed by atoms with van der Waals surface area (Å²) >= 11 is 10.4. The highest BCUT2D eigenvalue weighted by Gasteiger charge is 2.35. The number of rotatable bonds is 3. The summed E-state index contributed by atoms with van der Waals surface area (Å²) in [7, 11) is 0. The number of fused-ring (bicyclic) bond motifs is 4. The molecule has 146 valence electrons. The summed E-state index contributed by atoms with van der Waals surface area (Å²) < 4.78 is 3.64. The van der Waals surface area contributed by atoms with Gasteiger partial charge >= 0.3 is 0 Å². The minimum atomic E-state index is -0.0660. The van der Waals surface area contributed by atoms with Gasteiger partial charge in [-0.25, -0.2) is 0 Å². The highest BCUT2D eigenvalue weighted by Crippen LogP contribution is 2.36. The number of nitrogens with zero attached hydrogens (tertiary/aromatic N) is 2. The van der Waals surface area contributed by atoms with Crippen LogP contribution < -0.4 is 10.9 Å². The topological polar surface area (TPSA) is 54.3 Å². The number of benzene rings is 1. The Balaban J connectivity index is 1.34. The van der Waals surface area contributed by atoms with Gasteiger partial charge in [0.15, 0.2) is 0 Å². The first-order valence-corrected chi connectivity index (χ1v) is 11.3. The zero-order valence-electron chi connectivity index (χ0n) is 15.1. The molecule has 8 heteroatoms. The van der Waals surface area contributed by atoms with E-state index < -0.39 is 0 Å². The second-order valence-corrected chi connectivity index (χ2v) is 9.74. The molecule has 1 aromatic heterocycles. The van der Waals surface area contributed by atoms with Crippen molar-refractivity contribution in [1.82, 2.24) is 9.47 Å². The number of anilines is 1. The molecule has 1 fully saturated rings. The van der Waals surface area contributed by atoms with Gasteiger partial charge in [0.05, 0.1) is 5.75 Å². The number of halogens is 1. The van der Waals surface area contributed by atoms with Gasteiger partial charge in [-0.1, -0.05) is 46.0 Å². The molecule has 2 atom stereocenters. The van der Waals surface area contributed by atoms with Gasteiger partial charge in [-0.2, -0.15) is 0 Å². The van der Waals surface area contributed by atoms with Crippen LogP contribution in [0.25, 0.3) is 0 Å². The predicted molar refractivity (Wildman–Crippen MR) is 121 cm³/mol. The van der Waals surface area contributed by atoms with Crippen LogP contribution in [0.4, 0.5) is 5.69 Å². The lowest BCUT2D eigenvalue weighted by Crippen LogP contribution is -2.48. The number of hydrogen-bond acceptors (Lipinski definition) is 4. The van der Waals surface area contributed by atoms with Crippen molar-refractivity contribution < 1.29 is 4.79 Å². The van der Waals surface area contributed by atoms with Crippen LogP contribution in [0.5, 0.6) is 0 Å². The summed E-state index contributed by atoms with van der Waals surface area (Å²) in [6.45, 7) is 2.40. The van der Waals surface area contributed by atoms with Crippen LogP contribution in [-0.2, 0) is 11.3 Å². The van der Waals surface area contributed by atoms with Crippen molar-refractivity contribution in [2.24, 2.45) is 5.92 Å². The zero-order chi connectivity index (χ0) is 19.7. The molecule has 28 heavy (non-hydrogen) atoms. The molecule has 0 radical (unpaired) electrons. The Morgan fingerprint density at radius 3 is 2.75 bits per heavy atom. The van der Waals surface area contributed by atoms with Crippen molar-refractivity contribution in [3.05, 3.63) is 63.0 Å². The second kappa shape index (κ2) is 8.39. The van der Waals surface area contributed by atoms with E-state index in [1.54, 1.807) is 6.07 Å². The highest BCUT2D eigenvalue weighted by atomic mass is 79.9. The first-order valence-electron chi connectivity index (χ1n) is 9.16. The van der Waals surface area contributed by atoms with Gasteiger partial charge < -0.3 is 14.8 Å². The molecule has 2 aliphatic heterocycles. The van der Waals surface area contributed by atoms with Crippen molar-refractivity contribution in [3.8, 4) is 0 Å². The summed E-state index contributed by atoms with van der Waals surface area (Å²) in [5.74, 6) is 0.957. The van der Waals surface area contributed by atoms with E-state index in [0.717, 1.165) is 46.2 Å². The molecule has 5 nitrogen and oxygen atoms in total. The maximum atomic E-state index is 12.2. The molecule has 0 saturated carbocycles. The van der Waals surface area contributed by atoms with Gasteiger partial charge in [0, 0.05) is 47.5 Å². The summed E-state index contributed by atoms with van der Waals surface area (Å²) in [4.78, 5) is 26.6. The lowest BCUT2D eigenvalue weighted by molar-refractivity contribution is -0.113. The Hall–Kier alpha value is -1.64. The van der Waals surface area contributed by atoms with Crippen LogP contribution >= 0.6 is 39.9 Å². The van der Waals surface area contributed by atoms with E-state index in [1.807, 2.05) is 41.0 Å². The smallest absolute Gasteiger partial charge is 0.250 e. The first kappa shape index (κ1) is 19.7. The number of aromatic nitrogens is 1. The SMILES string of the molecule is O=C(CSC(=S)N1C[C@H]2C[C@@H](C1)c1cccc(=O)n1C2)Nc1ccc(Br)cc1. The van der Waals surface area contributed by atoms with E-state index in [2.05, 4.69) is 26.1 Å². The van der Waals surface area contributed by atoms with Crippen molar-refractivity contribution >= 4 is 55.8 Å². The van der Waals surface area contributed by atoms with Crippen molar-refractivity contribution in [1.29, 1.82) is 0 Å². The monoisotopic (exact) mass is 477 g/mol. The maximum absolute atomic E-state index is 12.2. The number of likely N-dealkylation sites (tertiary alicyclic amines) is 1. The lowest BCUT2D eigenvalue weighted by atomic mass is 9.83. The van der Waals surface area contributed by atoms with E-state index in [4.69, 9.17) is 12.2 Å². The van der Waals surface area contributed by atoms with Gasteiger partial charge in [-0.3, -0.25) is 9.59 Å². The molecular formula is C20H20BrN3O2S2. The molecule has 1 amide bonds. The number of carbonyl (C=O) groups excluding carboxylic acids is 1. The number of amides is 1. The van der Waals surface area contributed by atoms with Crippen molar-refractivity contribution in [2.75, 3.05) is 24.2 Å². The maximum Gasteiger partial charge on any atom is 0.250 e. The van der Waals surface area contributed by atoms with Crippen LogP contribution in [0, 0.1) is 5.92 Å². The first-order chi connectivity index (χ1) is 13.5. The number of carbonyl (C=O) groups is 1. The van der Waals surface area contributed by atoms with E-state index in [1.165, 1.54) is 11.8 Å². The van der Waals surface area contributed by atoms with Crippen molar-refractivity contribution in [3.63, 3.8) is 0 Å². The third-order valence-electron chi connectivity index (χ3n) is 5.19. The molecule has 4 rings (SSSR count). The predicted octanol–water partition coefficient (Wildman–Crippen LogP) is 3.69. The van der Waals surface area contributed by atoms with Gasteiger partial charge in [0.25, 0.3) is 5.56 Å². The Morgan fingerprint density at radius 1 is 1.18 bits per heavy atom. The minimum absolute atomic E-state index is 0.0660. The molecule has 1 N–H and O–H groups in total. The zero-order valence-corrected chi connectivity index (χ0v) is 18.4. The van der Waals surface area contributed by atoms with Crippen LogP contribution in [0.1, 0.15) is 18.0 Å². The average Bonchev–Trinajstić information content (AvgIpc) is 2.68. The van der Waals surface area contributed by atoms with Crippen LogP contribution in [0.2, 0.25) is 0 Å². The van der Waals surface area contributed by atoms with Crippen LogP contribution in [-0.4, -0.2) is 38.5 Å². The Kier molecular flexibility index (Phi) is 5.89. The number of pyridine rings is 1. The third-order valence-corrected chi connectivity index (χ3v) is 7.24. The second-order valence-electron chi connectivity index (χ2n) is 7.21. The summed E-state index contributed by atoms with van der Waals surface area (Å²) in [6, 6.07) is 13.0. The summed E-state index contributed by atoms with van der Waals surface area (Å²) in [5.41, 5.74) is 1.96. The van der Waals surface area contributed by atoms with E-state index in [-0.39, 0.29) is 17.2 Å². The number of thiocarbonyl (C=S) groups is 1. The van der Waals surface area contributed by atoms with E-state index in [0.29, 0.717) is 11.8 Å². The Bertz CT molecular complexity index is 961. The normalized spacial score (nSPS) is 20.4. The molecule has 1 aromatic carbocycles. The summed E-state index contributed by atoms with van der Waals surface area (Å²) in [5, 5.41) is 2.89. The standard InChI is InChI=1S/C20H20BrN3O2S2/c21-15-4-6-16(7-5-15)22-18(25)12-28-20(27)23-9-13-8-14(11-23)17-2-1-3-19(26)24(17)10-13/h1-7,13-14H,8-12H2,(H,22,25)/t13-,14+/m1/s1. The molecule has 2 bridgehead atoms. The average molecular weight is 478 g/mol. The minimum Gasteiger partial charge on any atom is -0.356 e. The fourth-order valence-electron chi connectivity index (χ4n) is 3.99. The fraction of sp³-hybridized carbons (Fsp3) is 0.350. The van der Waals surface area contributed by atoms with Crippen molar-refractivity contribution in [2.45, 2.75) is 18.9 Å². The van der Waals surface area contributed by atoms with E-state index in [9.17, 15) is 9.59 Å². The number of piperidine rings is 1. The van der Waals surface area contributed by atoms with Crippen LogP contribution in [0.15, 0.2) is 51.7 Å². The Morgan fingerprint density at radius 2 is 1.96 bits per heavy atom. The fourth-order valence-corrected chi connectivity index (χ4v) is 5.24. The third kappa shape index (κ3) is 4.34. The lowest BCUT2D eigenvalue weighted by Gasteiger charge is -2.43. The molecule has 3 heterocycles. The van der Waals surface area contributed by atoms with Crippen LogP contribution in [0.3, 0.4) is 0 Å². The molecule has 1 saturated heterocycles. The van der Waals surface area contributed by atoms with Gasteiger partial charge in [0.2, 0.25) is 5.91 Å². The van der Waals surface area contributed by atoms with E-state index >= 15 is 0 Å². The molecular weight excluding hydrogens is 458 g/mol. The largest absolute Gasteiger partial charge is 0.356 e. The molecule has 0 unspecified atom stereocenters. The van der Waals surface area contributed by atoms with Gasteiger partial charge in [0.1, 0.15) is 4.32 Å². The quantitative estimate of drug-likeness (QED) is 0.683. The molecule has 2 aliphatic rings. The molecule has 0 spiro atoms. The summed E-state index contributed by atoms with van der Waals surface area (Å²) in [6.07, 6.45) is 1.09. The van der Waals surface area contributed by atoms with Gasteiger partial charge in [-0.05, 0) is 42.7 Å². The number of hydrogen-bond donors (Lipinski definition) is 1. The highest BCUT2D eigenvalue weighted by molar-refractivity contribution is 9.10. The number of nitrogens with one attached hydrogen (secondary N) is 1. The molecule has 0 aliphatic carbocycles. The number of thioether (sulfide) groups is 1. The Labute approximate surface area is 181 Å².